The van der Waals surface area contributed by atoms with E-state index in [1.807, 2.05) is 32.0 Å². The number of hydrazone groups is 1. The number of hydrogen-bond donors (Lipinski definition) is 2. The highest BCUT2D eigenvalue weighted by Gasteiger charge is 2.39. The van der Waals surface area contributed by atoms with Gasteiger partial charge in [0.15, 0.2) is 5.60 Å². The molecule has 1 heterocycles. The second-order valence-corrected chi connectivity index (χ2v) is 7.75. The lowest BCUT2D eigenvalue weighted by atomic mass is 9.85. The van der Waals surface area contributed by atoms with Crippen molar-refractivity contribution >= 4 is 12.1 Å². The van der Waals surface area contributed by atoms with Crippen LogP contribution in [0.4, 0.5) is 4.39 Å². The van der Waals surface area contributed by atoms with E-state index in [-0.39, 0.29) is 5.82 Å². The number of aromatic nitrogens is 1. The third-order valence-electron chi connectivity index (χ3n) is 5.65. The van der Waals surface area contributed by atoms with Gasteiger partial charge in [-0.05, 0) is 43.2 Å². The number of hydrogen-bond acceptors (Lipinski definition) is 3. The fourth-order valence-electron chi connectivity index (χ4n) is 3.95. The van der Waals surface area contributed by atoms with Crippen molar-refractivity contribution in [2.24, 2.45) is 5.10 Å². The highest BCUT2D eigenvalue weighted by atomic mass is 19.1. The molecule has 166 valence electrons. The zero-order valence-corrected chi connectivity index (χ0v) is 18.4. The van der Waals surface area contributed by atoms with Gasteiger partial charge in [-0.3, -0.25) is 4.79 Å². The molecule has 0 aliphatic carbocycles. The molecule has 0 fully saturated rings. The predicted octanol–water partition coefficient (Wildman–Crippen LogP) is 4.62. The SMILES string of the molecule is Cc1cc(/C=N/NC(=O)C(O)(c2ccccc2)c2ccccc2)c(C)n1-c1ccccc1F. The van der Waals surface area contributed by atoms with Gasteiger partial charge in [0.1, 0.15) is 5.82 Å². The molecule has 0 aliphatic rings. The number of halogens is 1. The Labute approximate surface area is 191 Å². The summed E-state index contributed by atoms with van der Waals surface area (Å²) in [5, 5.41) is 15.6. The van der Waals surface area contributed by atoms with Crippen LogP contribution in [0.25, 0.3) is 5.69 Å². The molecule has 1 aromatic heterocycles. The van der Waals surface area contributed by atoms with E-state index in [0.717, 1.165) is 17.0 Å². The van der Waals surface area contributed by atoms with E-state index in [2.05, 4.69) is 10.5 Å². The largest absolute Gasteiger partial charge is 0.372 e. The minimum absolute atomic E-state index is 0.327. The number of nitrogens with zero attached hydrogens (tertiary/aromatic N) is 2. The maximum atomic E-state index is 14.3. The van der Waals surface area contributed by atoms with Crippen molar-refractivity contribution in [3.63, 3.8) is 0 Å². The van der Waals surface area contributed by atoms with Crippen LogP contribution < -0.4 is 5.43 Å². The van der Waals surface area contributed by atoms with Crippen LogP contribution in [0.1, 0.15) is 28.1 Å². The molecule has 0 spiro atoms. The van der Waals surface area contributed by atoms with Crippen molar-refractivity contribution in [2.45, 2.75) is 19.4 Å². The second-order valence-electron chi connectivity index (χ2n) is 7.75. The van der Waals surface area contributed by atoms with Crippen molar-refractivity contribution < 1.29 is 14.3 Å². The molecule has 0 saturated carbocycles. The van der Waals surface area contributed by atoms with E-state index in [4.69, 9.17) is 0 Å². The van der Waals surface area contributed by atoms with E-state index >= 15 is 0 Å². The minimum Gasteiger partial charge on any atom is -0.372 e. The normalized spacial score (nSPS) is 11.6. The molecule has 5 nitrogen and oxygen atoms in total. The number of carbonyl (C=O) groups is 1. The average molecular weight is 442 g/mol. The number of benzene rings is 3. The van der Waals surface area contributed by atoms with Crippen LogP contribution in [0.3, 0.4) is 0 Å². The molecule has 33 heavy (non-hydrogen) atoms. The van der Waals surface area contributed by atoms with Crippen LogP contribution in [-0.4, -0.2) is 21.8 Å². The standard InChI is InChI=1S/C27H24FN3O2/c1-19-17-21(20(2)31(19)25-16-10-9-15-24(25)28)18-29-30-26(32)27(33,22-11-5-3-6-12-22)23-13-7-4-8-14-23/h3-18,33H,1-2H3,(H,30,32)/b29-18+. The summed E-state index contributed by atoms with van der Waals surface area (Å²) in [7, 11) is 0. The Morgan fingerprint density at radius 3 is 2.06 bits per heavy atom. The quantitative estimate of drug-likeness (QED) is 0.339. The van der Waals surface area contributed by atoms with Crippen molar-refractivity contribution in [1.29, 1.82) is 0 Å². The highest BCUT2D eigenvalue weighted by Crippen LogP contribution is 2.30. The molecule has 0 atom stereocenters. The van der Waals surface area contributed by atoms with Gasteiger partial charge in [-0.1, -0.05) is 72.8 Å². The number of aryl methyl sites for hydroxylation is 1. The van der Waals surface area contributed by atoms with Crippen molar-refractivity contribution in [3.8, 4) is 5.69 Å². The van der Waals surface area contributed by atoms with Gasteiger partial charge in [-0.2, -0.15) is 5.10 Å². The molecule has 3 aromatic carbocycles. The lowest BCUT2D eigenvalue weighted by Gasteiger charge is -2.27. The number of nitrogens with one attached hydrogen (secondary N) is 1. The molecule has 0 aliphatic heterocycles. The summed E-state index contributed by atoms with van der Waals surface area (Å²) in [6.45, 7) is 3.73. The van der Waals surface area contributed by atoms with Crippen LogP contribution >= 0.6 is 0 Å². The molecule has 4 aromatic rings. The molecule has 0 unspecified atom stereocenters. The summed E-state index contributed by atoms with van der Waals surface area (Å²) >= 11 is 0. The van der Waals surface area contributed by atoms with Gasteiger partial charge in [0.25, 0.3) is 5.91 Å². The van der Waals surface area contributed by atoms with Crippen LogP contribution in [-0.2, 0) is 10.4 Å². The lowest BCUT2D eigenvalue weighted by Crippen LogP contribution is -2.43. The summed E-state index contributed by atoms with van der Waals surface area (Å²) < 4.78 is 16.1. The third kappa shape index (κ3) is 4.21. The van der Waals surface area contributed by atoms with E-state index in [9.17, 15) is 14.3 Å². The Kier molecular flexibility index (Phi) is 6.20. The maximum Gasteiger partial charge on any atom is 0.281 e. The molecule has 2 N–H and O–H groups in total. The first-order chi connectivity index (χ1) is 15.9. The number of aliphatic hydroxyl groups is 1. The van der Waals surface area contributed by atoms with Gasteiger partial charge in [0, 0.05) is 17.0 Å². The topological polar surface area (TPSA) is 66.6 Å². The number of amides is 1. The highest BCUT2D eigenvalue weighted by molar-refractivity contribution is 5.91. The minimum atomic E-state index is -1.91. The second kappa shape index (κ2) is 9.22. The van der Waals surface area contributed by atoms with Gasteiger partial charge < -0.3 is 9.67 Å². The van der Waals surface area contributed by atoms with Crippen LogP contribution in [0.2, 0.25) is 0 Å². The van der Waals surface area contributed by atoms with Gasteiger partial charge in [0.2, 0.25) is 0 Å². The van der Waals surface area contributed by atoms with E-state index < -0.39 is 11.5 Å². The Morgan fingerprint density at radius 1 is 0.939 bits per heavy atom. The maximum absolute atomic E-state index is 14.3. The smallest absolute Gasteiger partial charge is 0.281 e. The van der Waals surface area contributed by atoms with Crippen molar-refractivity contribution in [2.75, 3.05) is 0 Å². The summed E-state index contributed by atoms with van der Waals surface area (Å²) in [4.78, 5) is 13.1. The monoisotopic (exact) mass is 441 g/mol. The van der Waals surface area contributed by atoms with Crippen molar-refractivity contribution in [3.05, 3.63) is 125 Å². The van der Waals surface area contributed by atoms with E-state index in [0.29, 0.717) is 16.8 Å². The molecule has 0 bridgehead atoms. The fourth-order valence-corrected chi connectivity index (χ4v) is 3.95. The summed E-state index contributed by atoms with van der Waals surface area (Å²) in [5.74, 6) is -1.01. The van der Waals surface area contributed by atoms with Gasteiger partial charge in [-0.25, -0.2) is 9.82 Å². The number of carbonyl (C=O) groups excluding carboxylic acids is 1. The molecule has 6 heteroatoms. The van der Waals surface area contributed by atoms with Gasteiger partial charge >= 0.3 is 0 Å². The lowest BCUT2D eigenvalue weighted by molar-refractivity contribution is -0.136. The number of rotatable bonds is 6. The Morgan fingerprint density at radius 2 is 1.48 bits per heavy atom. The Balaban J connectivity index is 1.62. The summed E-state index contributed by atoms with van der Waals surface area (Å²) in [6, 6.07) is 25.8. The Bertz CT molecular complexity index is 1260. The van der Waals surface area contributed by atoms with Gasteiger partial charge in [-0.15, -0.1) is 0 Å². The summed E-state index contributed by atoms with van der Waals surface area (Å²) in [5.41, 5.74) is 4.19. The van der Waals surface area contributed by atoms with Crippen LogP contribution in [0.15, 0.2) is 96.1 Å². The first-order valence-electron chi connectivity index (χ1n) is 10.5. The molecule has 1 amide bonds. The molecular weight excluding hydrogens is 417 g/mol. The van der Waals surface area contributed by atoms with Gasteiger partial charge in [0.05, 0.1) is 11.9 Å². The van der Waals surface area contributed by atoms with E-state index in [1.54, 1.807) is 71.3 Å². The molecule has 4 rings (SSSR count). The first-order valence-corrected chi connectivity index (χ1v) is 10.5. The molecular formula is C27H24FN3O2. The third-order valence-corrected chi connectivity index (χ3v) is 5.65. The zero-order valence-electron chi connectivity index (χ0n) is 18.4. The van der Waals surface area contributed by atoms with Crippen LogP contribution in [0.5, 0.6) is 0 Å². The fraction of sp³-hybridized carbons (Fsp3) is 0.111. The van der Waals surface area contributed by atoms with E-state index in [1.165, 1.54) is 12.3 Å². The van der Waals surface area contributed by atoms with Crippen LogP contribution in [0, 0.1) is 19.7 Å². The zero-order chi connectivity index (χ0) is 23.4. The molecule has 0 radical (unpaired) electrons. The predicted molar refractivity (Wildman–Crippen MR) is 127 cm³/mol. The molecule has 0 saturated heterocycles. The summed E-state index contributed by atoms with van der Waals surface area (Å²) in [6.07, 6.45) is 1.49. The Hall–Kier alpha value is -4.03. The number of para-hydroxylation sites is 1. The average Bonchev–Trinajstić information content (AvgIpc) is 3.12. The van der Waals surface area contributed by atoms with Crippen molar-refractivity contribution in [1.82, 2.24) is 9.99 Å². The first kappa shape index (κ1) is 22.2.